The summed E-state index contributed by atoms with van der Waals surface area (Å²) < 4.78 is 27.2. The summed E-state index contributed by atoms with van der Waals surface area (Å²) in [5.74, 6) is -3.84. The standard InChI is InChI=1S/C14H10F2N2O3/c15-10-6-8(2-3-9(10)14(20)21)18-12-4-1-7(13(17)19)5-11(12)16/h1-6,18H,(H2,17,19)(H,20,21). The molecule has 0 bridgehead atoms. The fraction of sp³-hybridized carbons (Fsp3) is 0. The molecule has 108 valence electrons. The Bertz CT molecular complexity index is 732. The maximum Gasteiger partial charge on any atom is 0.338 e. The van der Waals surface area contributed by atoms with E-state index in [1.54, 1.807) is 0 Å². The number of anilines is 2. The average molecular weight is 292 g/mol. The molecule has 0 heterocycles. The summed E-state index contributed by atoms with van der Waals surface area (Å²) in [6.07, 6.45) is 0. The maximum atomic E-state index is 13.7. The molecule has 0 radical (unpaired) electrons. The SMILES string of the molecule is NC(=O)c1ccc(Nc2ccc(C(=O)O)c(F)c2)c(F)c1. The number of benzene rings is 2. The summed E-state index contributed by atoms with van der Waals surface area (Å²) in [5, 5.41) is 11.3. The first-order chi connectivity index (χ1) is 9.88. The molecular formula is C14H10F2N2O3. The van der Waals surface area contributed by atoms with Gasteiger partial charge in [-0.3, -0.25) is 4.79 Å². The van der Waals surface area contributed by atoms with Gasteiger partial charge in [0.05, 0.1) is 11.3 Å². The van der Waals surface area contributed by atoms with Crippen molar-refractivity contribution in [1.29, 1.82) is 0 Å². The number of primary amides is 1. The summed E-state index contributed by atoms with van der Waals surface area (Å²) >= 11 is 0. The van der Waals surface area contributed by atoms with Crippen molar-refractivity contribution in [3.05, 3.63) is 59.2 Å². The van der Waals surface area contributed by atoms with Crippen LogP contribution in [0.4, 0.5) is 20.2 Å². The van der Waals surface area contributed by atoms with E-state index in [1.165, 1.54) is 18.2 Å². The van der Waals surface area contributed by atoms with E-state index in [-0.39, 0.29) is 16.9 Å². The topological polar surface area (TPSA) is 92.4 Å². The van der Waals surface area contributed by atoms with Gasteiger partial charge in [0, 0.05) is 11.3 Å². The van der Waals surface area contributed by atoms with Crippen molar-refractivity contribution in [1.82, 2.24) is 0 Å². The Labute approximate surface area is 118 Å². The number of aromatic carboxylic acids is 1. The molecule has 0 aliphatic carbocycles. The van der Waals surface area contributed by atoms with Crippen LogP contribution in [0.3, 0.4) is 0 Å². The summed E-state index contributed by atoms with van der Waals surface area (Å²) in [5.41, 5.74) is 4.71. The van der Waals surface area contributed by atoms with Crippen LogP contribution in [0.2, 0.25) is 0 Å². The van der Waals surface area contributed by atoms with Gasteiger partial charge in [0.15, 0.2) is 0 Å². The second-order valence-electron chi connectivity index (χ2n) is 4.18. The largest absolute Gasteiger partial charge is 0.478 e. The van der Waals surface area contributed by atoms with Crippen molar-refractivity contribution >= 4 is 23.3 Å². The van der Waals surface area contributed by atoms with E-state index in [2.05, 4.69) is 5.32 Å². The monoisotopic (exact) mass is 292 g/mol. The van der Waals surface area contributed by atoms with E-state index in [4.69, 9.17) is 10.8 Å². The minimum Gasteiger partial charge on any atom is -0.478 e. The Morgan fingerprint density at radius 1 is 1.05 bits per heavy atom. The molecule has 1 amide bonds. The smallest absolute Gasteiger partial charge is 0.338 e. The number of carboxylic acid groups (broad SMARTS) is 1. The molecule has 2 aromatic rings. The van der Waals surface area contributed by atoms with E-state index in [1.807, 2.05) is 0 Å². The Balaban J connectivity index is 2.28. The summed E-state index contributed by atoms with van der Waals surface area (Å²) in [6, 6.07) is 6.84. The second kappa shape index (κ2) is 5.58. The highest BCUT2D eigenvalue weighted by Gasteiger charge is 2.12. The molecule has 0 saturated carbocycles. The zero-order valence-corrected chi connectivity index (χ0v) is 10.6. The fourth-order valence-electron chi connectivity index (χ4n) is 1.69. The van der Waals surface area contributed by atoms with Gasteiger partial charge in [-0.1, -0.05) is 0 Å². The number of hydrogen-bond donors (Lipinski definition) is 3. The van der Waals surface area contributed by atoms with Crippen LogP contribution in [-0.2, 0) is 0 Å². The molecule has 0 saturated heterocycles. The van der Waals surface area contributed by atoms with Gasteiger partial charge in [0.25, 0.3) is 0 Å². The van der Waals surface area contributed by atoms with Gasteiger partial charge in [0.1, 0.15) is 11.6 Å². The molecule has 0 atom stereocenters. The number of amides is 1. The van der Waals surface area contributed by atoms with Crippen molar-refractivity contribution in [2.75, 3.05) is 5.32 Å². The first kappa shape index (κ1) is 14.4. The molecule has 2 rings (SSSR count). The van der Waals surface area contributed by atoms with Crippen LogP contribution in [-0.4, -0.2) is 17.0 Å². The quantitative estimate of drug-likeness (QED) is 0.807. The lowest BCUT2D eigenvalue weighted by Crippen LogP contribution is -2.11. The molecule has 21 heavy (non-hydrogen) atoms. The summed E-state index contributed by atoms with van der Waals surface area (Å²) in [4.78, 5) is 21.6. The highest BCUT2D eigenvalue weighted by molar-refractivity contribution is 5.93. The Morgan fingerprint density at radius 2 is 1.76 bits per heavy atom. The number of hydrogen-bond acceptors (Lipinski definition) is 3. The zero-order valence-electron chi connectivity index (χ0n) is 10.6. The zero-order chi connectivity index (χ0) is 15.6. The predicted molar refractivity (Wildman–Crippen MR) is 71.6 cm³/mol. The number of carbonyl (C=O) groups is 2. The first-order valence-electron chi connectivity index (χ1n) is 5.77. The molecule has 7 heteroatoms. The molecule has 0 aliphatic rings. The van der Waals surface area contributed by atoms with Crippen LogP contribution >= 0.6 is 0 Å². The molecule has 0 unspecified atom stereocenters. The molecule has 5 nitrogen and oxygen atoms in total. The normalized spacial score (nSPS) is 10.2. The number of carbonyl (C=O) groups excluding carboxylic acids is 1. The lowest BCUT2D eigenvalue weighted by molar-refractivity contribution is 0.0691. The van der Waals surface area contributed by atoms with Crippen LogP contribution < -0.4 is 11.1 Å². The summed E-state index contributed by atoms with van der Waals surface area (Å²) in [7, 11) is 0. The van der Waals surface area contributed by atoms with Crippen molar-refractivity contribution in [3.63, 3.8) is 0 Å². The second-order valence-corrected chi connectivity index (χ2v) is 4.18. The van der Waals surface area contributed by atoms with E-state index in [9.17, 15) is 18.4 Å². The summed E-state index contributed by atoms with van der Waals surface area (Å²) in [6.45, 7) is 0. The van der Waals surface area contributed by atoms with E-state index in [0.29, 0.717) is 0 Å². The van der Waals surface area contributed by atoms with Crippen molar-refractivity contribution in [2.24, 2.45) is 5.73 Å². The Kier molecular flexibility index (Phi) is 3.84. The minimum absolute atomic E-state index is 0.00229. The van der Waals surface area contributed by atoms with Crippen molar-refractivity contribution in [2.45, 2.75) is 0 Å². The van der Waals surface area contributed by atoms with Gasteiger partial charge in [-0.15, -0.1) is 0 Å². The van der Waals surface area contributed by atoms with Gasteiger partial charge >= 0.3 is 5.97 Å². The van der Waals surface area contributed by atoms with Gasteiger partial charge in [0.2, 0.25) is 5.91 Å². The Hall–Kier alpha value is -2.96. The number of nitrogens with one attached hydrogen (secondary N) is 1. The van der Waals surface area contributed by atoms with Crippen molar-refractivity contribution < 1.29 is 23.5 Å². The van der Waals surface area contributed by atoms with Crippen LogP contribution in [0.25, 0.3) is 0 Å². The minimum atomic E-state index is -1.39. The molecule has 4 N–H and O–H groups in total. The molecule has 0 fully saturated rings. The highest BCUT2D eigenvalue weighted by atomic mass is 19.1. The third-order valence-electron chi connectivity index (χ3n) is 2.73. The molecular weight excluding hydrogens is 282 g/mol. The molecule has 2 aromatic carbocycles. The van der Waals surface area contributed by atoms with Crippen LogP contribution in [0.15, 0.2) is 36.4 Å². The Morgan fingerprint density at radius 3 is 2.29 bits per heavy atom. The maximum absolute atomic E-state index is 13.7. The molecule has 0 aliphatic heterocycles. The third kappa shape index (κ3) is 3.14. The van der Waals surface area contributed by atoms with Crippen LogP contribution in [0, 0.1) is 11.6 Å². The number of carboxylic acids is 1. The average Bonchev–Trinajstić information content (AvgIpc) is 2.40. The van der Waals surface area contributed by atoms with Crippen LogP contribution in [0.1, 0.15) is 20.7 Å². The highest BCUT2D eigenvalue weighted by Crippen LogP contribution is 2.22. The lowest BCUT2D eigenvalue weighted by Gasteiger charge is -2.09. The van der Waals surface area contributed by atoms with Gasteiger partial charge in [-0.25, -0.2) is 13.6 Å². The number of nitrogens with two attached hydrogens (primary N) is 1. The van der Waals surface area contributed by atoms with E-state index >= 15 is 0 Å². The van der Waals surface area contributed by atoms with Crippen molar-refractivity contribution in [3.8, 4) is 0 Å². The number of halogens is 2. The first-order valence-corrected chi connectivity index (χ1v) is 5.77. The van der Waals surface area contributed by atoms with Gasteiger partial charge < -0.3 is 16.2 Å². The fourth-order valence-corrected chi connectivity index (χ4v) is 1.69. The predicted octanol–water partition coefficient (Wildman–Crippen LogP) is 2.51. The van der Waals surface area contributed by atoms with E-state index < -0.39 is 29.1 Å². The van der Waals surface area contributed by atoms with Crippen LogP contribution in [0.5, 0.6) is 0 Å². The molecule has 0 aromatic heterocycles. The van der Waals surface area contributed by atoms with Gasteiger partial charge in [-0.05, 0) is 36.4 Å². The lowest BCUT2D eigenvalue weighted by atomic mass is 10.1. The number of rotatable bonds is 4. The van der Waals surface area contributed by atoms with E-state index in [0.717, 1.165) is 18.2 Å². The van der Waals surface area contributed by atoms with Gasteiger partial charge in [-0.2, -0.15) is 0 Å². The molecule has 0 spiro atoms. The third-order valence-corrected chi connectivity index (χ3v) is 2.73.